The van der Waals surface area contributed by atoms with Gasteiger partial charge in [0.05, 0.1) is 30.8 Å². The van der Waals surface area contributed by atoms with Crippen LogP contribution in [0.3, 0.4) is 0 Å². The molecular weight excluding hydrogens is 282 g/mol. The van der Waals surface area contributed by atoms with E-state index < -0.39 is 22.5 Å². The molecule has 0 bridgehead atoms. The highest BCUT2D eigenvalue weighted by Crippen LogP contribution is 2.27. The van der Waals surface area contributed by atoms with E-state index >= 15 is 0 Å². The van der Waals surface area contributed by atoms with Crippen LogP contribution >= 0.6 is 0 Å². The zero-order valence-electron chi connectivity index (χ0n) is 10.8. The average Bonchev–Trinajstić information content (AvgIpc) is 2.44. The molecule has 20 heavy (non-hydrogen) atoms. The fourth-order valence-corrected chi connectivity index (χ4v) is 2.39. The molecule has 0 aliphatic carbocycles. The van der Waals surface area contributed by atoms with Gasteiger partial charge in [0, 0.05) is 6.07 Å². The Morgan fingerprint density at radius 3 is 2.75 bits per heavy atom. The molecule has 1 aromatic carbocycles. The molecular formula is C12H15N3O4S. The summed E-state index contributed by atoms with van der Waals surface area (Å²) in [6.45, 7) is -0.148. The van der Waals surface area contributed by atoms with Crippen molar-refractivity contribution in [1.29, 1.82) is 0 Å². The van der Waals surface area contributed by atoms with Gasteiger partial charge in [0.2, 0.25) is 5.91 Å². The normalized spacial score (nSPS) is 10.4. The maximum absolute atomic E-state index is 11.9. The second-order valence-electron chi connectivity index (χ2n) is 3.65. The topological polar surface area (TPSA) is 111 Å². The first-order valence-corrected chi connectivity index (χ1v) is 7.04. The van der Waals surface area contributed by atoms with Crippen LogP contribution in [0.1, 0.15) is 0 Å². The summed E-state index contributed by atoms with van der Waals surface area (Å²) < 4.78 is 30.7. The molecule has 8 heteroatoms. The number of rotatable bonds is 6. The molecule has 108 valence electrons. The van der Waals surface area contributed by atoms with Crippen molar-refractivity contribution in [3.8, 4) is 18.1 Å². The molecule has 0 fully saturated rings. The lowest BCUT2D eigenvalue weighted by Crippen LogP contribution is -2.35. The lowest BCUT2D eigenvalue weighted by atomic mass is 10.3. The fourth-order valence-electron chi connectivity index (χ4n) is 1.38. The van der Waals surface area contributed by atoms with Crippen molar-refractivity contribution in [3.63, 3.8) is 0 Å². The third kappa shape index (κ3) is 3.88. The number of hydrogen-bond donors (Lipinski definition) is 3. The van der Waals surface area contributed by atoms with Crippen LogP contribution in [0.2, 0.25) is 0 Å². The first-order chi connectivity index (χ1) is 9.44. The predicted octanol–water partition coefficient (Wildman–Crippen LogP) is -0.496. The zero-order chi connectivity index (χ0) is 15.2. The van der Waals surface area contributed by atoms with Gasteiger partial charge in [-0.05, 0) is 12.1 Å². The van der Waals surface area contributed by atoms with Crippen LogP contribution in [-0.2, 0) is 14.8 Å². The molecule has 0 radical (unpaired) electrons. The summed E-state index contributed by atoms with van der Waals surface area (Å²) in [5.74, 6) is 1.89. The van der Waals surface area contributed by atoms with E-state index in [2.05, 4.69) is 11.2 Å². The van der Waals surface area contributed by atoms with Gasteiger partial charge in [-0.2, -0.15) is 0 Å². The number of carbonyl (C=O) groups is 1. The Bertz CT molecular complexity index is 635. The molecule has 0 heterocycles. The summed E-state index contributed by atoms with van der Waals surface area (Å²) in [4.78, 5) is 11.0. The molecule has 1 aromatic rings. The fraction of sp³-hybridized carbons (Fsp3) is 0.250. The summed E-state index contributed by atoms with van der Waals surface area (Å²) in [6.07, 6.45) is 5.13. The number of carbonyl (C=O) groups excluding carboxylic acids is 1. The summed E-state index contributed by atoms with van der Waals surface area (Å²) >= 11 is 0. The van der Waals surface area contributed by atoms with E-state index in [4.69, 9.17) is 16.9 Å². The van der Waals surface area contributed by atoms with Crippen molar-refractivity contribution in [2.75, 3.05) is 25.5 Å². The van der Waals surface area contributed by atoms with Crippen LogP contribution in [0.5, 0.6) is 5.75 Å². The Morgan fingerprint density at radius 1 is 1.50 bits per heavy atom. The van der Waals surface area contributed by atoms with Crippen molar-refractivity contribution in [3.05, 3.63) is 18.2 Å². The van der Waals surface area contributed by atoms with E-state index in [-0.39, 0.29) is 11.4 Å². The predicted molar refractivity (Wildman–Crippen MR) is 74.7 cm³/mol. The highest BCUT2D eigenvalue weighted by Gasteiger charge is 2.18. The molecule has 0 aromatic heterocycles. The van der Waals surface area contributed by atoms with Gasteiger partial charge in [-0.1, -0.05) is 5.92 Å². The quantitative estimate of drug-likeness (QED) is 0.611. The van der Waals surface area contributed by atoms with Gasteiger partial charge in [0.25, 0.3) is 10.0 Å². The van der Waals surface area contributed by atoms with Crippen LogP contribution in [-0.4, -0.2) is 34.5 Å². The minimum atomic E-state index is -3.97. The number of nitrogens with two attached hydrogens (primary N) is 1. The maximum Gasteiger partial charge on any atom is 0.264 e. The number of terminal acetylenes is 1. The average molecular weight is 297 g/mol. The highest BCUT2D eigenvalue weighted by atomic mass is 32.2. The first kappa shape index (κ1) is 15.8. The van der Waals surface area contributed by atoms with Crippen molar-refractivity contribution in [1.82, 2.24) is 4.72 Å². The SMILES string of the molecule is C#CCNc1ccc(S(=O)(=O)NC(=O)CN)cc1OC. The minimum Gasteiger partial charge on any atom is -0.495 e. The zero-order valence-corrected chi connectivity index (χ0v) is 11.7. The number of methoxy groups -OCH3 is 1. The number of nitrogens with one attached hydrogen (secondary N) is 2. The Labute approximate surface area is 117 Å². The Balaban J connectivity index is 3.09. The summed E-state index contributed by atoms with van der Waals surface area (Å²) in [7, 11) is -2.58. The molecule has 0 aliphatic rings. The second-order valence-corrected chi connectivity index (χ2v) is 5.33. The summed E-state index contributed by atoms with van der Waals surface area (Å²) in [6, 6.07) is 4.11. The molecule has 0 unspecified atom stereocenters. The van der Waals surface area contributed by atoms with Gasteiger partial charge in [-0.3, -0.25) is 4.79 Å². The molecule has 4 N–H and O–H groups in total. The molecule has 1 rings (SSSR count). The number of anilines is 1. The van der Waals surface area contributed by atoms with E-state index in [0.717, 1.165) is 0 Å². The van der Waals surface area contributed by atoms with Gasteiger partial charge in [-0.25, -0.2) is 13.1 Å². The number of sulfonamides is 1. The highest BCUT2D eigenvalue weighted by molar-refractivity contribution is 7.90. The maximum atomic E-state index is 11.9. The monoisotopic (exact) mass is 297 g/mol. The van der Waals surface area contributed by atoms with Gasteiger partial charge >= 0.3 is 0 Å². The molecule has 1 amide bonds. The molecule has 0 saturated heterocycles. The van der Waals surface area contributed by atoms with Gasteiger partial charge in [0.15, 0.2) is 0 Å². The number of hydrogen-bond acceptors (Lipinski definition) is 6. The molecule has 7 nitrogen and oxygen atoms in total. The van der Waals surface area contributed by atoms with E-state index in [1.807, 2.05) is 4.72 Å². The molecule has 0 atom stereocenters. The first-order valence-electron chi connectivity index (χ1n) is 5.55. The van der Waals surface area contributed by atoms with Crippen LogP contribution in [0.4, 0.5) is 5.69 Å². The Hall–Kier alpha value is -2.24. The van der Waals surface area contributed by atoms with Crippen molar-refractivity contribution < 1.29 is 17.9 Å². The Morgan fingerprint density at radius 2 is 2.20 bits per heavy atom. The standard InChI is InChI=1S/C12H15N3O4S/c1-3-6-14-10-5-4-9(7-11(10)19-2)20(17,18)15-12(16)8-13/h1,4-5,7,14H,6,8,13H2,2H3,(H,15,16). The number of amides is 1. The third-order valence-electron chi connectivity index (χ3n) is 2.30. The van der Waals surface area contributed by atoms with E-state index in [1.54, 1.807) is 0 Å². The third-order valence-corrected chi connectivity index (χ3v) is 3.67. The lowest BCUT2D eigenvalue weighted by Gasteiger charge is -2.12. The van der Waals surface area contributed by atoms with Gasteiger partial charge in [0.1, 0.15) is 5.75 Å². The van der Waals surface area contributed by atoms with Gasteiger partial charge < -0.3 is 15.8 Å². The van der Waals surface area contributed by atoms with Crippen LogP contribution in [0, 0.1) is 12.3 Å². The van der Waals surface area contributed by atoms with Gasteiger partial charge in [-0.15, -0.1) is 6.42 Å². The number of ether oxygens (including phenoxy) is 1. The van der Waals surface area contributed by atoms with E-state index in [0.29, 0.717) is 11.4 Å². The largest absolute Gasteiger partial charge is 0.495 e. The minimum absolute atomic E-state index is 0.109. The van der Waals surface area contributed by atoms with Crippen molar-refractivity contribution in [2.24, 2.45) is 5.73 Å². The van der Waals surface area contributed by atoms with Crippen LogP contribution in [0.15, 0.2) is 23.1 Å². The van der Waals surface area contributed by atoms with E-state index in [9.17, 15) is 13.2 Å². The summed E-state index contributed by atoms with van der Waals surface area (Å²) in [5.41, 5.74) is 5.61. The molecule has 0 saturated carbocycles. The van der Waals surface area contributed by atoms with Crippen LogP contribution < -0.4 is 20.5 Å². The molecule has 0 aliphatic heterocycles. The van der Waals surface area contributed by atoms with Crippen molar-refractivity contribution >= 4 is 21.6 Å². The summed E-state index contributed by atoms with van der Waals surface area (Å²) in [5, 5.41) is 2.88. The second kappa shape index (κ2) is 6.79. The molecule has 0 spiro atoms. The smallest absolute Gasteiger partial charge is 0.264 e. The lowest BCUT2D eigenvalue weighted by molar-refractivity contribution is -0.118. The van der Waals surface area contributed by atoms with E-state index in [1.165, 1.54) is 25.3 Å². The van der Waals surface area contributed by atoms with Crippen molar-refractivity contribution in [2.45, 2.75) is 4.90 Å². The van der Waals surface area contributed by atoms with Crippen LogP contribution in [0.25, 0.3) is 0 Å². The Kier molecular flexibility index (Phi) is 5.37. The number of benzene rings is 1.